The van der Waals surface area contributed by atoms with E-state index in [2.05, 4.69) is 114 Å². The fourth-order valence-electron chi connectivity index (χ4n) is 5.30. The predicted molar refractivity (Wildman–Crippen MR) is 191 cm³/mol. The number of ether oxygens (including phenoxy) is 2. The molecule has 0 amide bonds. The van der Waals surface area contributed by atoms with Crippen LogP contribution in [0.5, 0.6) is 11.5 Å². The summed E-state index contributed by atoms with van der Waals surface area (Å²) in [4.78, 5) is 0. The molecule has 0 aromatic heterocycles. The maximum Gasteiger partial charge on any atom is -0.109 e. The first-order chi connectivity index (χ1) is 21.9. The molecule has 0 heterocycles. The molecule has 2 aliphatic rings. The molecular weight excluding hydrogens is 711 g/mol. The van der Waals surface area contributed by atoms with Gasteiger partial charge in [0.2, 0.25) is 0 Å². The molecule has 4 aromatic carbocycles. The Labute approximate surface area is 317 Å². The number of rotatable bonds is 6. The monoisotopic (exact) mass is 756 g/mol. The van der Waals surface area contributed by atoms with Gasteiger partial charge in [0.1, 0.15) is 0 Å². The fraction of sp³-hybridized carbons (Fsp3) is 0.326. The van der Waals surface area contributed by atoms with Crippen molar-refractivity contribution in [2.75, 3.05) is 13.2 Å². The second kappa shape index (κ2) is 18.9. The second-order valence-corrected chi connectivity index (χ2v) is 14.8. The summed E-state index contributed by atoms with van der Waals surface area (Å²) in [6.07, 6.45) is 11.0. The number of fused-ring (bicyclic) bond motifs is 3. The van der Waals surface area contributed by atoms with Crippen molar-refractivity contribution in [3.8, 4) is 22.6 Å². The Morgan fingerprint density at radius 1 is 0.708 bits per heavy atom. The summed E-state index contributed by atoms with van der Waals surface area (Å²) >= 11 is 1.40. The Bertz CT molecular complexity index is 1550. The first kappa shape index (κ1) is 41.5. The molecule has 48 heavy (non-hydrogen) atoms. The Kier molecular flexibility index (Phi) is 16.3. The van der Waals surface area contributed by atoms with Crippen molar-refractivity contribution in [2.45, 2.75) is 79.1 Å². The average molecular weight is 759 g/mol. The zero-order valence-corrected chi connectivity index (χ0v) is 33.6. The third-order valence-corrected chi connectivity index (χ3v) is 9.38. The molecule has 2 aliphatic carbocycles. The molecular formula is C43H48Cl2O2Zr-2. The molecule has 2 nitrogen and oxygen atoms in total. The molecule has 0 saturated heterocycles. The van der Waals surface area contributed by atoms with E-state index in [1.54, 1.807) is 0 Å². The zero-order valence-electron chi connectivity index (χ0n) is 29.6. The van der Waals surface area contributed by atoms with Crippen molar-refractivity contribution < 1.29 is 58.5 Å². The normalized spacial score (nSPS) is 12.2. The van der Waals surface area contributed by atoms with Crippen LogP contribution in [0, 0.1) is 12.1 Å². The molecule has 5 heteroatoms. The summed E-state index contributed by atoms with van der Waals surface area (Å²) < 4.78 is 12.3. The minimum atomic E-state index is 0. The van der Waals surface area contributed by atoms with Crippen LogP contribution in [0.4, 0.5) is 0 Å². The van der Waals surface area contributed by atoms with Crippen molar-refractivity contribution in [1.82, 2.24) is 0 Å². The van der Waals surface area contributed by atoms with Gasteiger partial charge in [0.15, 0.2) is 0 Å². The third-order valence-electron chi connectivity index (χ3n) is 7.96. The van der Waals surface area contributed by atoms with Gasteiger partial charge in [0.25, 0.3) is 0 Å². The second-order valence-electron chi connectivity index (χ2n) is 13.6. The minimum absolute atomic E-state index is 0. The van der Waals surface area contributed by atoms with Gasteiger partial charge >= 0.3 is 135 Å². The van der Waals surface area contributed by atoms with Crippen molar-refractivity contribution in [1.29, 1.82) is 0 Å². The van der Waals surface area contributed by atoms with Crippen LogP contribution < -0.4 is 34.3 Å². The summed E-state index contributed by atoms with van der Waals surface area (Å²) in [5.74, 6) is 1.85. The van der Waals surface area contributed by atoms with Gasteiger partial charge in [-0.25, -0.2) is 12.2 Å². The maximum atomic E-state index is 5.47. The minimum Gasteiger partial charge on any atom is -1.00 e. The van der Waals surface area contributed by atoms with Crippen LogP contribution in [0.3, 0.4) is 0 Å². The molecule has 0 bridgehead atoms. The van der Waals surface area contributed by atoms with Gasteiger partial charge in [-0.3, -0.25) is 6.08 Å². The Morgan fingerprint density at radius 2 is 1.25 bits per heavy atom. The van der Waals surface area contributed by atoms with E-state index in [0.29, 0.717) is 13.2 Å². The van der Waals surface area contributed by atoms with E-state index in [1.807, 2.05) is 50.3 Å². The molecule has 0 atom stereocenters. The van der Waals surface area contributed by atoms with Crippen molar-refractivity contribution in [2.24, 2.45) is 0 Å². The first-order valence-corrected chi connectivity index (χ1v) is 17.6. The van der Waals surface area contributed by atoms with E-state index in [9.17, 15) is 0 Å². The number of benzene rings is 4. The number of allylic oxidation sites excluding steroid dienone is 4. The van der Waals surface area contributed by atoms with Crippen LogP contribution in [-0.4, -0.2) is 16.4 Å². The van der Waals surface area contributed by atoms with Crippen LogP contribution in [0.25, 0.3) is 11.1 Å². The number of hydrogen-bond acceptors (Lipinski definition) is 2. The molecule has 4 aromatic rings. The summed E-state index contributed by atoms with van der Waals surface area (Å²) in [5.41, 5.74) is 11.2. The fourth-order valence-corrected chi connectivity index (χ4v) is 6.12. The SMILES string of the molecule is CC(C)(C)c1[c-]c2c(cc1)-c1ccc(C(C)(C)C)cc1C2.CCOc1ccc([C](=[Zr+2])c2ccc(OCC)cc2)cc1.[C-]1=CC=CC1.[Cl-].[Cl-]. The van der Waals surface area contributed by atoms with Gasteiger partial charge in [-0.1, -0.05) is 65.3 Å². The zero-order chi connectivity index (χ0) is 33.3. The van der Waals surface area contributed by atoms with Gasteiger partial charge in [0.05, 0.1) is 0 Å². The molecule has 0 aliphatic heterocycles. The predicted octanol–water partition coefficient (Wildman–Crippen LogP) is 4.57. The van der Waals surface area contributed by atoms with Gasteiger partial charge in [0, 0.05) is 0 Å². The summed E-state index contributed by atoms with van der Waals surface area (Å²) in [6.45, 7) is 19.0. The third kappa shape index (κ3) is 11.4. The average Bonchev–Trinajstić information content (AvgIpc) is 3.73. The van der Waals surface area contributed by atoms with Crippen molar-refractivity contribution in [3.63, 3.8) is 0 Å². The van der Waals surface area contributed by atoms with Gasteiger partial charge in [-0.2, -0.15) is 29.8 Å². The van der Waals surface area contributed by atoms with E-state index in [1.165, 1.54) is 71.9 Å². The van der Waals surface area contributed by atoms with E-state index in [4.69, 9.17) is 9.47 Å². The number of halogens is 2. The Morgan fingerprint density at radius 3 is 1.67 bits per heavy atom. The van der Waals surface area contributed by atoms with Crippen LogP contribution >= 0.6 is 0 Å². The molecule has 0 fully saturated rings. The molecule has 0 radical (unpaired) electrons. The van der Waals surface area contributed by atoms with E-state index in [-0.39, 0.29) is 35.6 Å². The molecule has 252 valence electrons. The number of hydrogen-bond donors (Lipinski definition) is 0. The van der Waals surface area contributed by atoms with E-state index in [0.717, 1.165) is 24.3 Å². The molecule has 0 saturated carbocycles. The summed E-state index contributed by atoms with van der Waals surface area (Å²) in [7, 11) is 0. The smallest absolute Gasteiger partial charge is 0.109 e. The van der Waals surface area contributed by atoms with Gasteiger partial charge in [-0.15, -0.1) is 17.5 Å². The van der Waals surface area contributed by atoms with Crippen LogP contribution in [-0.2, 0) is 41.5 Å². The topological polar surface area (TPSA) is 18.5 Å². The van der Waals surface area contributed by atoms with Gasteiger partial charge < -0.3 is 24.8 Å². The Balaban J connectivity index is 0.000000281. The standard InChI is InChI=1S/C21H25.C17H18O2.C5H5.2ClH.Zr/c1-20(2,3)16-7-9-18-14(12-16)11-15-13-17(21(4,5)6)8-10-19(15)18;1-3-18-16-9-5-14(6-10-16)13-15-7-11-17(12-8-15)19-4-2;1-2-4-5-3-1;;;/h7-10,12H,11H2,1-6H3;5-12H,3-4H2,1-2H3;1-3H,4H2;2*1H;/q-1;;-1;;;+2/p-2. The molecule has 6 rings (SSSR count). The first-order valence-electron chi connectivity index (χ1n) is 16.4. The van der Waals surface area contributed by atoms with Crippen molar-refractivity contribution >= 4 is 3.21 Å². The summed E-state index contributed by atoms with van der Waals surface area (Å²) in [5, 5.41) is 0. The Hall–Kier alpha value is -2.71. The largest absolute Gasteiger partial charge is 1.00 e. The van der Waals surface area contributed by atoms with Gasteiger partial charge in [-0.05, 0) is 28.4 Å². The maximum absolute atomic E-state index is 5.47. The van der Waals surface area contributed by atoms with E-state index < -0.39 is 0 Å². The summed E-state index contributed by atoms with van der Waals surface area (Å²) in [6, 6.07) is 31.7. The quantitative estimate of drug-likeness (QED) is 0.237. The van der Waals surface area contributed by atoms with E-state index >= 15 is 0 Å². The van der Waals surface area contributed by atoms with Crippen LogP contribution in [0.1, 0.15) is 95.2 Å². The molecule has 0 spiro atoms. The van der Waals surface area contributed by atoms with Crippen molar-refractivity contribution in [3.05, 3.63) is 143 Å². The molecule has 0 N–H and O–H groups in total. The van der Waals surface area contributed by atoms with Crippen LogP contribution in [0.2, 0.25) is 0 Å². The van der Waals surface area contributed by atoms with Crippen LogP contribution in [0.15, 0.2) is 97.1 Å². The molecule has 0 unspecified atom stereocenters.